The molecule has 0 unspecified atom stereocenters. The number of rotatable bonds is 1. The van der Waals surface area contributed by atoms with Crippen molar-refractivity contribution in [3.05, 3.63) is 40.7 Å². The van der Waals surface area contributed by atoms with Crippen LogP contribution in [0.5, 0.6) is 0 Å². The van der Waals surface area contributed by atoms with Gasteiger partial charge < -0.3 is 10.1 Å². The van der Waals surface area contributed by atoms with Crippen LogP contribution in [-0.4, -0.2) is 11.7 Å². The van der Waals surface area contributed by atoms with Gasteiger partial charge in [0.1, 0.15) is 5.60 Å². The summed E-state index contributed by atoms with van der Waals surface area (Å²) >= 11 is 0. The number of nitrogens with zero attached hydrogens (tertiary/aromatic N) is 1. The topological polar surface area (TPSA) is 42.7 Å². The highest BCUT2D eigenvalue weighted by atomic mass is 16.6. The fourth-order valence-electron chi connectivity index (χ4n) is 2.34. The Morgan fingerprint density at radius 3 is 2.84 bits per heavy atom. The first-order valence-electron chi connectivity index (χ1n) is 6.39. The molecule has 0 bridgehead atoms. The van der Waals surface area contributed by atoms with Crippen LogP contribution < -0.4 is 5.32 Å². The van der Waals surface area contributed by atoms with Gasteiger partial charge in [-0.2, -0.15) is 0 Å². The Labute approximate surface area is 113 Å². The Bertz CT molecular complexity index is 538. The van der Waals surface area contributed by atoms with Crippen LogP contribution in [0.3, 0.4) is 0 Å². The van der Waals surface area contributed by atoms with Crippen molar-refractivity contribution in [2.75, 3.05) is 0 Å². The van der Waals surface area contributed by atoms with Gasteiger partial charge in [0.2, 0.25) is 0 Å². The van der Waals surface area contributed by atoms with E-state index in [1.54, 1.807) is 0 Å². The molecule has 0 aromatic heterocycles. The Hall–Kier alpha value is -2.02. The number of hydrogen-bond acceptors (Lipinski definition) is 2. The monoisotopic (exact) mass is 258 g/mol. The summed E-state index contributed by atoms with van der Waals surface area (Å²) in [5.74, 6) is 0. The second-order valence-corrected chi connectivity index (χ2v) is 5.69. The maximum atomic E-state index is 11.8. The van der Waals surface area contributed by atoms with Crippen LogP contribution in [0.25, 0.3) is 4.85 Å². The van der Waals surface area contributed by atoms with Crippen molar-refractivity contribution in [2.45, 2.75) is 45.3 Å². The summed E-state index contributed by atoms with van der Waals surface area (Å²) in [6, 6.07) is 5.61. The molecular weight excluding hydrogens is 240 g/mol. The molecule has 0 aliphatic heterocycles. The van der Waals surface area contributed by atoms with Crippen molar-refractivity contribution < 1.29 is 9.53 Å². The van der Waals surface area contributed by atoms with E-state index >= 15 is 0 Å². The standard InChI is InChI=1S/C15H18N2O2/c1-15(2,3)19-14(18)17-13-9-8-11-10(13)6-5-7-12(11)16-4/h5-7,13H,8-9H2,1-3H3,(H,17,18)/t13-/m0/s1. The van der Waals surface area contributed by atoms with Crippen LogP contribution in [0, 0.1) is 6.57 Å². The maximum Gasteiger partial charge on any atom is 0.408 e. The van der Waals surface area contributed by atoms with Crippen molar-refractivity contribution in [3.63, 3.8) is 0 Å². The lowest BCUT2D eigenvalue weighted by molar-refractivity contribution is 0.0503. The predicted molar refractivity (Wildman–Crippen MR) is 73.1 cm³/mol. The smallest absolute Gasteiger partial charge is 0.408 e. The summed E-state index contributed by atoms with van der Waals surface area (Å²) in [7, 11) is 0. The average Bonchev–Trinajstić information content (AvgIpc) is 2.70. The highest BCUT2D eigenvalue weighted by molar-refractivity contribution is 5.69. The third-order valence-electron chi connectivity index (χ3n) is 3.06. The molecule has 1 aliphatic rings. The lowest BCUT2D eigenvalue weighted by Crippen LogP contribution is -2.34. The van der Waals surface area contributed by atoms with E-state index in [1.165, 1.54) is 0 Å². The first kappa shape index (κ1) is 13.4. The van der Waals surface area contributed by atoms with Crippen molar-refractivity contribution in [1.82, 2.24) is 5.32 Å². The number of hydrogen-bond donors (Lipinski definition) is 1. The number of nitrogens with one attached hydrogen (secondary N) is 1. The Morgan fingerprint density at radius 2 is 2.21 bits per heavy atom. The molecule has 1 N–H and O–H groups in total. The van der Waals surface area contributed by atoms with Crippen LogP contribution in [0.1, 0.15) is 44.4 Å². The van der Waals surface area contributed by atoms with Crippen molar-refractivity contribution in [3.8, 4) is 0 Å². The van der Waals surface area contributed by atoms with Gasteiger partial charge in [0.25, 0.3) is 0 Å². The summed E-state index contributed by atoms with van der Waals surface area (Å²) < 4.78 is 5.26. The zero-order chi connectivity index (χ0) is 14.0. The molecule has 100 valence electrons. The van der Waals surface area contributed by atoms with E-state index < -0.39 is 11.7 Å². The van der Waals surface area contributed by atoms with Crippen molar-refractivity contribution in [2.24, 2.45) is 0 Å². The number of carbonyl (C=O) groups excluding carboxylic acids is 1. The molecule has 1 amide bonds. The molecule has 4 heteroatoms. The minimum Gasteiger partial charge on any atom is -0.444 e. The second kappa shape index (κ2) is 4.93. The van der Waals surface area contributed by atoms with Gasteiger partial charge in [0.05, 0.1) is 12.6 Å². The predicted octanol–water partition coefficient (Wildman–Crippen LogP) is 3.75. The zero-order valence-corrected chi connectivity index (χ0v) is 11.5. The molecular formula is C15H18N2O2. The summed E-state index contributed by atoms with van der Waals surface area (Å²) in [5, 5.41) is 2.88. The van der Waals surface area contributed by atoms with Crippen LogP contribution in [-0.2, 0) is 11.2 Å². The molecule has 0 heterocycles. The molecule has 1 aliphatic carbocycles. The van der Waals surface area contributed by atoms with E-state index in [0.717, 1.165) is 24.0 Å². The summed E-state index contributed by atoms with van der Waals surface area (Å²) in [5.41, 5.74) is 2.29. The zero-order valence-electron chi connectivity index (χ0n) is 11.5. The third kappa shape index (κ3) is 3.05. The van der Waals surface area contributed by atoms with Gasteiger partial charge in [-0.3, -0.25) is 0 Å². The number of fused-ring (bicyclic) bond motifs is 1. The number of carbonyl (C=O) groups is 1. The van der Waals surface area contributed by atoms with Crippen LogP contribution in [0.2, 0.25) is 0 Å². The molecule has 1 aromatic rings. The Kier molecular flexibility index (Phi) is 3.48. The number of amides is 1. The van der Waals surface area contributed by atoms with Gasteiger partial charge in [0, 0.05) is 0 Å². The van der Waals surface area contributed by atoms with Crippen molar-refractivity contribution in [1.29, 1.82) is 0 Å². The minimum absolute atomic E-state index is 0.0495. The largest absolute Gasteiger partial charge is 0.444 e. The second-order valence-electron chi connectivity index (χ2n) is 5.69. The quantitative estimate of drug-likeness (QED) is 0.779. The minimum atomic E-state index is -0.496. The van der Waals surface area contributed by atoms with E-state index in [9.17, 15) is 4.79 Å². The highest BCUT2D eigenvalue weighted by Gasteiger charge is 2.27. The van der Waals surface area contributed by atoms with Gasteiger partial charge in [-0.1, -0.05) is 18.2 Å². The number of ether oxygens (including phenoxy) is 1. The van der Waals surface area contributed by atoms with Crippen LogP contribution in [0.15, 0.2) is 18.2 Å². The fraction of sp³-hybridized carbons (Fsp3) is 0.467. The SMILES string of the molecule is [C-]#[N+]c1cccc2c1CC[C@@H]2NC(=O)OC(C)(C)C. The normalized spacial score (nSPS) is 17.5. The van der Waals surface area contributed by atoms with E-state index in [4.69, 9.17) is 11.3 Å². The molecule has 2 rings (SSSR count). The highest BCUT2D eigenvalue weighted by Crippen LogP contribution is 2.37. The molecule has 4 nitrogen and oxygen atoms in total. The van der Waals surface area contributed by atoms with Crippen molar-refractivity contribution >= 4 is 11.8 Å². The van der Waals surface area contributed by atoms with Gasteiger partial charge in [-0.05, 0) is 44.7 Å². The van der Waals surface area contributed by atoms with Crippen LogP contribution in [0.4, 0.5) is 10.5 Å². The molecule has 1 aromatic carbocycles. The molecule has 0 saturated carbocycles. The van der Waals surface area contributed by atoms with Crippen LogP contribution >= 0.6 is 0 Å². The molecule has 0 radical (unpaired) electrons. The lowest BCUT2D eigenvalue weighted by atomic mass is 10.1. The first-order chi connectivity index (χ1) is 8.90. The maximum absolute atomic E-state index is 11.8. The van der Waals surface area contributed by atoms with Gasteiger partial charge in [-0.25, -0.2) is 9.64 Å². The summed E-state index contributed by atoms with van der Waals surface area (Å²) in [4.78, 5) is 15.3. The third-order valence-corrected chi connectivity index (χ3v) is 3.06. The lowest BCUT2D eigenvalue weighted by Gasteiger charge is -2.22. The van der Waals surface area contributed by atoms with Gasteiger partial charge in [-0.15, -0.1) is 0 Å². The van der Waals surface area contributed by atoms with Gasteiger partial charge in [0.15, 0.2) is 5.69 Å². The Balaban J connectivity index is 2.12. The van der Waals surface area contributed by atoms with E-state index in [0.29, 0.717) is 5.69 Å². The number of alkyl carbamates (subject to hydrolysis) is 1. The molecule has 0 fully saturated rings. The summed E-state index contributed by atoms with van der Waals surface area (Å²) in [6.07, 6.45) is 1.24. The Morgan fingerprint density at radius 1 is 1.47 bits per heavy atom. The molecule has 1 atom stereocenters. The molecule has 0 saturated heterocycles. The van der Waals surface area contributed by atoms with Gasteiger partial charge >= 0.3 is 6.09 Å². The fourth-order valence-corrected chi connectivity index (χ4v) is 2.34. The van der Waals surface area contributed by atoms with E-state index in [1.807, 2.05) is 39.0 Å². The average molecular weight is 258 g/mol. The first-order valence-corrected chi connectivity index (χ1v) is 6.39. The molecule has 19 heavy (non-hydrogen) atoms. The summed E-state index contributed by atoms with van der Waals surface area (Å²) in [6.45, 7) is 12.7. The van der Waals surface area contributed by atoms with E-state index in [2.05, 4.69) is 10.2 Å². The number of benzene rings is 1. The molecule has 0 spiro atoms. The van der Waals surface area contributed by atoms with E-state index in [-0.39, 0.29) is 6.04 Å².